The smallest absolute Gasteiger partial charge is 0.123 e. The topological polar surface area (TPSA) is 19.4 Å². The van der Waals surface area contributed by atoms with E-state index in [2.05, 4.69) is 20.2 Å². The van der Waals surface area contributed by atoms with Gasteiger partial charge in [-0.3, -0.25) is 9.80 Å². The lowest BCUT2D eigenvalue weighted by Crippen LogP contribution is -2.44. The average Bonchev–Trinajstić information content (AvgIpc) is 3.18. The van der Waals surface area contributed by atoms with Crippen molar-refractivity contribution in [2.75, 3.05) is 26.2 Å². The Hall–Kier alpha value is -1.30. The molecule has 0 unspecified atom stereocenters. The van der Waals surface area contributed by atoms with Crippen molar-refractivity contribution in [1.29, 1.82) is 0 Å². The highest BCUT2D eigenvalue weighted by molar-refractivity contribution is 7.09. The third-order valence-corrected chi connectivity index (χ3v) is 6.16. The van der Waals surface area contributed by atoms with Gasteiger partial charge in [0.05, 0.1) is 6.54 Å². The first kappa shape index (κ1) is 16.2. The SMILES string of the molecule is Fc1cccc(CN2CC[C@@]3(CCCN(Cc4nccs4)C3)C2)c1. The zero-order valence-corrected chi connectivity index (χ0v) is 14.8. The molecule has 0 N–H and O–H groups in total. The Morgan fingerprint density at radius 1 is 1.12 bits per heavy atom. The fourth-order valence-electron chi connectivity index (χ4n) is 4.36. The monoisotopic (exact) mass is 345 g/mol. The lowest BCUT2D eigenvalue weighted by Gasteiger charge is -2.40. The van der Waals surface area contributed by atoms with Crippen LogP contribution in [0.5, 0.6) is 0 Å². The molecule has 0 aliphatic carbocycles. The number of benzene rings is 1. The summed E-state index contributed by atoms with van der Waals surface area (Å²) in [5.41, 5.74) is 1.51. The van der Waals surface area contributed by atoms with Gasteiger partial charge in [0.2, 0.25) is 0 Å². The zero-order valence-electron chi connectivity index (χ0n) is 14.0. The van der Waals surface area contributed by atoms with Gasteiger partial charge >= 0.3 is 0 Å². The minimum absolute atomic E-state index is 0.131. The summed E-state index contributed by atoms with van der Waals surface area (Å²) < 4.78 is 13.4. The summed E-state index contributed by atoms with van der Waals surface area (Å²) >= 11 is 1.75. The molecule has 1 aromatic heterocycles. The van der Waals surface area contributed by atoms with Crippen molar-refractivity contribution in [3.8, 4) is 0 Å². The van der Waals surface area contributed by atoms with Gasteiger partial charge in [-0.2, -0.15) is 0 Å². The fraction of sp³-hybridized carbons (Fsp3) is 0.526. The van der Waals surface area contributed by atoms with Crippen molar-refractivity contribution < 1.29 is 4.39 Å². The number of halogens is 1. The molecule has 2 fully saturated rings. The number of thiazole rings is 1. The van der Waals surface area contributed by atoms with E-state index in [0.29, 0.717) is 5.41 Å². The first-order chi connectivity index (χ1) is 11.7. The largest absolute Gasteiger partial charge is 0.298 e. The van der Waals surface area contributed by atoms with Crippen LogP contribution in [0.25, 0.3) is 0 Å². The molecule has 0 amide bonds. The Kier molecular flexibility index (Phi) is 4.66. The number of hydrogen-bond acceptors (Lipinski definition) is 4. The Bertz CT molecular complexity index is 675. The molecule has 2 aliphatic rings. The van der Waals surface area contributed by atoms with Crippen LogP contribution in [-0.4, -0.2) is 41.0 Å². The molecule has 2 aromatic rings. The van der Waals surface area contributed by atoms with Gasteiger partial charge in [-0.15, -0.1) is 11.3 Å². The standard InChI is InChI=1S/C19H24FN3S/c20-17-4-1-3-16(11-17)12-23-9-6-19(15-23)5-2-8-22(14-19)13-18-21-7-10-24-18/h1,3-4,7,10-11H,2,5-6,8-9,12-15H2/t19-/m1/s1. The maximum atomic E-state index is 13.4. The van der Waals surface area contributed by atoms with E-state index in [1.165, 1.54) is 43.4 Å². The Labute approximate surface area is 147 Å². The predicted molar refractivity (Wildman–Crippen MR) is 95.4 cm³/mol. The number of piperidine rings is 1. The van der Waals surface area contributed by atoms with Gasteiger partial charge in [-0.1, -0.05) is 12.1 Å². The third-order valence-electron chi connectivity index (χ3n) is 5.40. The third kappa shape index (κ3) is 3.68. The minimum Gasteiger partial charge on any atom is -0.298 e. The minimum atomic E-state index is -0.131. The maximum absolute atomic E-state index is 13.4. The highest BCUT2D eigenvalue weighted by atomic mass is 32.1. The molecule has 2 saturated heterocycles. The number of nitrogens with zero attached hydrogens (tertiary/aromatic N) is 3. The van der Waals surface area contributed by atoms with E-state index in [4.69, 9.17) is 0 Å². The van der Waals surface area contributed by atoms with Gasteiger partial charge < -0.3 is 0 Å². The maximum Gasteiger partial charge on any atom is 0.123 e. The molecule has 24 heavy (non-hydrogen) atoms. The molecule has 5 heteroatoms. The molecule has 2 aliphatic heterocycles. The second-order valence-electron chi connectivity index (χ2n) is 7.33. The van der Waals surface area contributed by atoms with Crippen LogP contribution >= 0.6 is 11.3 Å². The van der Waals surface area contributed by atoms with E-state index in [-0.39, 0.29) is 5.82 Å². The van der Waals surface area contributed by atoms with Crippen molar-refractivity contribution in [3.05, 3.63) is 52.2 Å². The molecule has 1 atom stereocenters. The molecule has 0 bridgehead atoms. The summed E-state index contributed by atoms with van der Waals surface area (Å²) in [6.45, 7) is 6.48. The van der Waals surface area contributed by atoms with Gasteiger partial charge in [-0.05, 0) is 55.5 Å². The molecule has 3 nitrogen and oxygen atoms in total. The Morgan fingerprint density at radius 2 is 2.00 bits per heavy atom. The average molecular weight is 345 g/mol. The lowest BCUT2D eigenvalue weighted by molar-refractivity contribution is 0.0865. The van der Waals surface area contributed by atoms with Crippen LogP contribution in [0.3, 0.4) is 0 Å². The van der Waals surface area contributed by atoms with E-state index in [1.807, 2.05) is 18.3 Å². The first-order valence-corrected chi connectivity index (χ1v) is 9.66. The lowest BCUT2D eigenvalue weighted by atomic mass is 9.79. The van der Waals surface area contributed by atoms with Gasteiger partial charge in [0.25, 0.3) is 0 Å². The van der Waals surface area contributed by atoms with Crippen molar-refractivity contribution in [3.63, 3.8) is 0 Å². The molecule has 4 rings (SSSR count). The van der Waals surface area contributed by atoms with E-state index >= 15 is 0 Å². The number of hydrogen-bond donors (Lipinski definition) is 0. The quantitative estimate of drug-likeness (QED) is 0.841. The van der Waals surface area contributed by atoms with Crippen molar-refractivity contribution in [2.24, 2.45) is 5.41 Å². The second kappa shape index (κ2) is 6.90. The fourth-order valence-corrected chi connectivity index (χ4v) is 5.01. The van der Waals surface area contributed by atoms with E-state index in [1.54, 1.807) is 17.4 Å². The van der Waals surface area contributed by atoms with Crippen LogP contribution in [0.1, 0.15) is 29.8 Å². The van der Waals surface area contributed by atoms with Gasteiger partial charge in [0.1, 0.15) is 10.8 Å². The summed E-state index contributed by atoms with van der Waals surface area (Å²) in [5.74, 6) is -0.131. The van der Waals surface area contributed by atoms with E-state index in [0.717, 1.165) is 31.7 Å². The molecule has 1 spiro atoms. The summed E-state index contributed by atoms with van der Waals surface area (Å²) in [7, 11) is 0. The second-order valence-corrected chi connectivity index (χ2v) is 8.31. The molecule has 3 heterocycles. The zero-order chi connectivity index (χ0) is 16.4. The number of likely N-dealkylation sites (tertiary alicyclic amines) is 2. The highest BCUT2D eigenvalue weighted by Gasteiger charge is 2.41. The molecule has 128 valence electrons. The molecular weight excluding hydrogens is 321 g/mol. The van der Waals surface area contributed by atoms with Crippen LogP contribution in [0, 0.1) is 11.2 Å². The summed E-state index contributed by atoms with van der Waals surface area (Å²) in [4.78, 5) is 9.51. The predicted octanol–water partition coefficient (Wildman–Crippen LogP) is 3.77. The van der Waals surface area contributed by atoms with Crippen LogP contribution < -0.4 is 0 Å². The highest BCUT2D eigenvalue weighted by Crippen LogP contribution is 2.39. The van der Waals surface area contributed by atoms with Crippen LogP contribution in [0.4, 0.5) is 4.39 Å². The van der Waals surface area contributed by atoms with E-state index < -0.39 is 0 Å². The first-order valence-electron chi connectivity index (χ1n) is 8.78. The summed E-state index contributed by atoms with van der Waals surface area (Å²) in [6.07, 6.45) is 5.76. The molecule has 0 saturated carbocycles. The number of rotatable bonds is 4. The molecular formula is C19H24FN3S. The van der Waals surface area contributed by atoms with E-state index in [9.17, 15) is 4.39 Å². The van der Waals surface area contributed by atoms with Crippen LogP contribution in [0.15, 0.2) is 35.8 Å². The van der Waals surface area contributed by atoms with Crippen molar-refractivity contribution in [2.45, 2.75) is 32.4 Å². The van der Waals surface area contributed by atoms with Crippen LogP contribution in [-0.2, 0) is 13.1 Å². The Morgan fingerprint density at radius 3 is 2.79 bits per heavy atom. The molecule has 1 aromatic carbocycles. The summed E-state index contributed by atoms with van der Waals surface area (Å²) in [5, 5.41) is 3.28. The van der Waals surface area contributed by atoms with Gasteiger partial charge in [-0.25, -0.2) is 9.37 Å². The normalized spacial score (nSPS) is 25.5. The Balaban J connectivity index is 1.37. The van der Waals surface area contributed by atoms with Crippen molar-refractivity contribution in [1.82, 2.24) is 14.8 Å². The molecule has 0 radical (unpaired) electrons. The summed E-state index contributed by atoms with van der Waals surface area (Å²) in [6, 6.07) is 7.03. The van der Waals surface area contributed by atoms with Gasteiger partial charge in [0.15, 0.2) is 0 Å². The number of aromatic nitrogens is 1. The van der Waals surface area contributed by atoms with Crippen molar-refractivity contribution >= 4 is 11.3 Å². The van der Waals surface area contributed by atoms with Crippen LogP contribution in [0.2, 0.25) is 0 Å². The van der Waals surface area contributed by atoms with Gasteiger partial charge in [0, 0.05) is 31.2 Å².